The van der Waals surface area contributed by atoms with E-state index in [1.54, 1.807) is 6.20 Å². The van der Waals surface area contributed by atoms with Crippen molar-refractivity contribution in [3.8, 4) is 0 Å². The Balaban J connectivity index is 2.00. The van der Waals surface area contributed by atoms with E-state index in [9.17, 15) is 4.79 Å². The van der Waals surface area contributed by atoms with Crippen molar-refractivity contribution < 1.29 is 4.79 Å². The SMILES string of the molecule is CCCNc1ccc(C(=O)N2CCC(C)(C)C2)nc1. The van der Waals surface area contributed by atoms with E-state index in [-0.39, 0.29) is 11.3 Å². The summed E-state index contributed by atoms with van der Waals surface area (Å²) in [4.78, 5) is 18.5. The van der Waals surface area contributed by atoms with Gasteiger partial charge in [-0.05, 0) is 30.4 Å². The molecule has 1 aliphatic heterocycles. The Morgan fingerprint density at radius 1 is 1.47 bits per heavy atom. The summed E-state index contributed by atoms with van der Waals surface area (Å²) < 4.78 is 0. The fraction of sp³-hybridized carbons (Fsp3) is 0.600. The molecule has 0 bridgehead atoms. The minimum atomic E-state index is 0.0487. The minimum Gasteiger partial charge on any atom is -0.384 e. The van der Waals surface area contributed by atoms with Gasteiger partial charge in [0.05, 0.1) is 11.9 Å². The molecule has 0 spiro atoms. The first-order valence-electron chi connectivity index (χ1n) is 7.01. The van der Waals surface area contributed by atoms with Crippen LogP contribution in [0.5, 0.6) is 0 Å². The molecule has 1 N–H and O–H groups in total. The van der Waals surface area contributed by atoms with Crippen molar-refractivity contribution in [2.24, 2.45) is 5.41 Å². The Kier molecular flexibility index (Phi) is 4.08. The minimum absolute atomic E-state index is 0.0487. The summed E-state index contributed by atoms with van der Waals surface area (Å²) in [5.74, 6) is 0.0487. The highest BCUT2D eigenvalue weighted by atomic mass is 16.2. The van der Waals surface area contributed by atoms with Gasteiger partial charge in [-0.1, -0.05) is 20.8 Å². The van der Waals surface area contributed by atoms with Crippen LogP contribution < -0.4 is 5.32 Å². The molecule has 0 aromatic carbocycles. The molecular formula is C15H23N3O. The van der Waals surface area contributed by atoms with Crippen LogP contribution in [-0.4, -0.2) is 35.4 Å². The number of nitrogens with zero attached hydrogens (tertiary/aromatic N) is 2. The number of carbonyl (C=O) groups is 1. The van der Waals surface area contributed by atoms with E-state index in [2.05, 4.69) is 31.1 Å². The number of nitrogens with one attached hydrogen (secondary N) is 1. The van der Waals surface area contributed by atoms with Gasteiger partial charge in [0.15, 0.2) is 0 Å². The molecule has 0 unspecified atom stereocenters. The first-order valence-corrected chi connectivity index (χ1v) is 7.01. The number of carbonyl (C=O) groups excluding carboxylic acids is 1. The largest absolute Gasteiger partial charge is 0.384 e. The Hall–Kier alpha value is -1.58. The fourth-order valence-electron chi connectivity index (χ4n) is 2.34. The highest BCUT2D eigenvalue weighted by molar-refractivity contribution is 5.92. The maximum Gasteiger partial charge on any atom is 0.272 e. The highest BCUT2D eigenvalue weighted by Gasteiger charge is 2.32. The maximum absolute atomic E-state index is 12.3. The number of hydrogen-bond donors (Lipinski definition) is 1. The zero-order chi connectivity index (χ0) is 13.9. The summed E-state index contributed by atoms with van der Waals surface area (Å²) in [5.41, 5.74) is 1.75. The second-order valence-electron chi connectivity index (χ2n) is 6.00. The molecule has 1 fully saturated rings. The van der Waals surface area contributed by atoms with Gasteiger partial charge in [-0.3, -0.25) is 4.79 Å². The zero-order valence-electron chi connectivity index (χ0n) is 12.1. The first kappa shape index (κ1) is 13.8. The van der Waals surface area contributed by atoms with Crippen molar-refractivity contribution >= 4 is 11.6 Å². The quantitative estimate of drug-likeness (QED) is 0.906. The van der Waals surface area contributed by atoms with E-state index in [1.165, 1.54) is 0 Å². The van der Waals surface area contributed by atoms with Crippen LogP contribution >= 0.6 is 0 Å². The lowest BCUT2D eigenvalue weighted by molar-refractivity contribution is 0.0772. The molecule has 1 amide bonds. The van der Waals surface area contributed by atoms with Crippen LogP contribution in [0.3, 0.4) is 0 Å². The summed E-state index contributed by atoms with van der Waals surface area (Å²) >= 11 is 0. The molecule has 104 valence electrons. The van der Waals surface area contributed by atoms with Gasteiger partial charge in [0.1, 0.15) is 5.69 Å². The molecule has 2 heterocycles. The Bertz CT molecular complexity index is 439. The first-order chi connectivity index (χ1) is 9.02. The molecular weight excluding hydrogens is 238 g/mol. The van der Waals surface area contributed by atoms with Crippen LogP contribution in [0, 0.1) is 5.41 Å². The van der Waals surface area contributed by atoms with Crippen LogP contribution in [0.1, 0.15) is 44.1 Å². The molecule has 1 aromatic heterocycles. The third kappa shape index (κ3) is 3.46. The second kappa shape index (κ2) is 5.59. The number of anilines is 1. The lowest BCUT2D eigenvalue weighted by atomic mass is 9.93. The molecule has 1 aromatic rings. The lowest BCUT2D eigenvalue weighted by Gasteiger charge is -2.19. The number of likely N-dealkylation sites (tertiary alicyclic amines) is 1. The maximum atomic E-state index is 12.3. The van der Waals surface area contributed by atoms with Gasteiger partial charge in [-0.2, -0.15) is 0 Å². The van der Waals surface area contributed by atoms with Crippen LogP contribution in [0.4, 0.5) is 5.69 Å². The summed E-state index contributed by atoms with van der Waals surface area (Å²) in [7, 11) is 0. The van der Waals surface area contributed by atoms with Gasteiger partial charge in [0, 0.05) is 19.6 Å². The molecule has 0 radical (unpaired) electrons. The zero-order valence-corrected chi connectivity index (χ0v) is 12.1. The van der Waals surface area contributed by atoms with Gasteiger partial charge in [0.2, 0.25) is 0 Å². The molecule has 4 nitrogen and oxygen atoms in total. The number of aromatic nitrogens is 1. The molecule has 0 atom stereocenters. The summed E-state index contributed by atoms with van der Waals surface area (Å²) in [5, 5.41) is 3.26. The second-order valence-corrected chi connectivity index (χ2v) is 6.00. The van der Waals surface area contributed by atoms with Gasteiger partial charge in [-0.15, -0.1) is 0 Å². The standard InChI is InChI=1S/C15H23N3O/c1-4-8-16-12-5-6-13(17-10-12)14(19)18-9-7-15(2,3)11-18/h5-6,10,16H,4,7-9,11H2,1-3H3. The van der Waals surface area contributed by atoms with Gasteiger partial charge >= 0.3 is 0 Å². The molecule has 1 aliphatic rings. The normalized spacial score (nSPS) is 17.5. The number of pyridine rings is 1. The fourth-order valence-corrected chi connectivity index (χ4v) is 2.34. The third-order valence-corrected chi connectivity index (χ3v) is 3.53. The van der Waals surface area contributed by atoms with E-state index in [0.717, 1.165) is 38.2 Å². The van der Waals surface area contributed by atoms with Crippen LogP contribution in [0.25, 0.3) is 0 Å². The average Bonchev–Trinajstić information content (AvgIpc) is 2.76. The van der Waals surface area contributed by atoms with E-state index >= 15 is 0 Å². The lowest BCUT2D eigenvalue weighted by Crippen LogP contribution is -2.30. The summed E-state index contributed by atoms with van der Waals surface area (Å²) in [6.45, 7) is 9.10. The van der Waals surface area contributed by atoms with E-state index in [4.69, 9.17) is 0 Å². The third-order valence-electron chi connectivity index (χ3n) is 3.53. The average molecular weight is 261 g/mol. The molecule has 4 heteroatoms. The van der Waals surface area contributed by atoms with E-state index in [1.807, 2.05) is 17.0 Å². The van der Waals surface area contributed by atoms with Gasteiger partial charge < -0.3 is 10.2 Å². The molecule has 1 saturated heterocycles. The molecule has 0 saturated carbocycles. The smallest absolute Gasteiger partial charge is 0.272 e. The Morgan fingerprint density at radius 3 is 2.79 bits per heavy atom. The van der Waals surface area contributed by atoms with Gasteiger partial charge in [0.25, 0.3) is 5.91 Å². The van der Waals surface area contributed by atoms with Crippen molar-refractivity contribution in [3.63, 3.8) is 0 Å². The molecule has 0 aliphatic carbocycles. The highest BCUT2D eigenvalue weighted by Crippen LogP contribution is 2.29. The van der Waals surface area contributed by atoms with E-state index in [0.29, 0.717) is 5.69 Å². The summed E-state index contributed by atoms with van der Waals surface area (Å²) in [6.07, 6.45) is 3.88. The Labute approximate surface area is 115 Å². The molecule has 19 heavy (non-hydrogen) atoms. The monoisotopic (exact) mass is 261 g/mol. The van der Waals surface area contributed by atoms with Crippen molar-refractivity contribution in [1.29, 1.82) is 0 Å². The number of hydrogen-bond acceptors (Lipinski definition) is 3. The predicted octanol–water partition coefficient (Wildman–Crippen LogP) is 2.78. The van der Waals surface area contributed by atoms with Crippen molar-refractivity contribution in [2.45, 2.75) is 33.6 Å². The van der Waals surface area contributed by atoms with Gasteiger partial charge in [-0.25, -0.2) is 4.98 Å². The van der Waals surface area contributed by atoms with Crippen LogP contribution in [-0.2, 0) is 0 Å². The molecule has 2 rings (SSSR count). The predicted molar refractivity (Wildman–Crippen MR) is 77.3 cm³/mol. The van der Waals surface area contributed by atoms with Crippen molar-refractivity contribution in [1.82, 2.24) is 9.88 Å². The number of amides is 1. The topological polar surface area (TPSA) is 45.2 Å². The van der Waals surface area contributed by atoms with E-state index < -0.39 is 0 Å². The van der Waals surface area contributed by atoms with Crippen LogP contribution in [0.15, 0.2) is 18.3 Å². The van der Waals surface area contributed by atoms with Crippen molar-refractivity contribution in [3.05, 3.63) is 24.0 Å². The number of rotatable bonds is 4. The van der Waals surface area contributed by atoms with Crippen LogP contribution in [0.2, 0.25) is 0 Å². The Morgan fingerprint density at radius 2 is 2.26 bits per heavy atom. The van der Waals surface area contributed by atoms with Crippen molar-refractivity contribution in [2.75, 3.05) is 25.0 Å². The summed E-state index contributed by atoms with van der Waals surface area (Å²) in [6, 6.07) is 3.74.